The second-order valence-electron chi connectivity index (χ2n) is 3.13. The molecular weight excluding hydrogens is 216 g/mol. The summed E-state index contributed by atoms with van der Waals surface area (Å²) in [7, 11) is -3.50. The molecule has 0 radical (unpaired) electrons. The van der Waals surface area contributed by atoms with Crippen LogP contribution in [-0.4, -0.2) is 41.0 Å². The Bertz CT molecular complexity index is 373. The minimum Gasteiger partial charge on any atom is -0.265 e. The molecule has 86 valence electrons. The Morgan fingerprint density at radius 2 is 2.20 bits per heavy atom. The van der Waals surface area contributed by atoms with Gasteiger partial charge in [-0.25, -0.2) is 13.4 Å². The van der Waals surface area contributed by atoms with E-state index >= 15 is 0 Å². The Morgan fingerprint density at radius 3 is 2.67 bits per heavy atom. The maximum atomic E-state index is 11.9. The van der Waals surface area contributed by atoms with Gasteiger partial charge in [0.25, 0.3) is 15.2 Å². The predicted molar refractivity (Wildman–Crippen MR) is 55.7 cm³/mol. The first-order chi connectivity index (χ1) is 7.12. The largest absolute Gasteiger partial charge is 0.282 e. The van der Waals surface area contributed by atoms with Gasteiger partial charge in [0.1, 0.15) is 6.33 Å². The van der Waals surface area contributed by atoms with Gasteiger partial charge in [-0.05, 0) is 6.42 Å². The number of hydrogen-bond donors (Lipinski definition) is 1. The molecule has 0 fully saturated rings. The summed E-state index contributed by atoms with van der Waals surface area (Å²) in [5, 5.41) is 5.85. The van der Waals surface area contributed by atoms with Crippen molar-refractivity contribution in [3.63, 3.8) is 0 Å². The van der Waals surface area contributed by atoms with Crippen LogP contribution in [-0.2, 0) is 10.0 Å². The fourth-order valence-corrected chi connectivity index (χ4v) is 2.51. The van der Waals surface area contributed by atoms with Crippen LogP contribution in [0.2, 0.25) is 0 Å². The molecule has 1 heterocycles. The van der Waals surface area contributed by atoms with Gasteiger partial charge in [0, 0.05) is 13.1 Å². The van der Waals surface area contributed by atoms with Crippen LogP contribution in [0.4, 0.5) is 0 Å². The van der Waals surface area contributed by atoms with E-state index in [0.29, 0.717) is 13.1 Å². The lowest BCUT2D eigenvalue weighted by Gasteiger charge is -2.17. The molecule has 0 aliphatic rings. The zero-order valence-electron chi connectivity index (χ0n) is 8.97. The van der Waals surface area contributed by atoms with E-state index in [-0.39, 0.29) is 5.16 Å². The maximum Gasteiger partial charge on any atom is 0.282 e. The van der Waals surface area contributed by atoms with Crippen LogP contribution in [0, 0.1) is 0 Å². The molecule has 1 aromatic rings. The highest BCUT2D eigenvalue weighted by Gasteiger charge is 2.25. The van der Waals surface area contributed by atoms with E-state index in [9.17, 15) is 8.42 Å². The molecule has 1 rings (SSSR count). The summed E-state index contributed by atoms with van der Waals surface area (Å²) in [4.78, 5) is 3.67. The minimum atomic E-state index is -3.50. The fourth-order valence-electron chi connectivity index (χ4n) is 1.22. The van der Waals surface area contributed by atoms with Gasteiger partial charge in [0.2, 0.25) is 0 Å². The number of aromatic amines is 1. The molecule has 0 spiro atoms. The standard InChI is InChI=1S/C8H16N4O2S/c1-3-5-6-12(4-2)15(13,14)8-9-7-10-11-8/h7H,3-6H2,1-2H3,(H,9,10,11). The molecule has 0 unspecified atom stereocenters. The van der Waals surface area contributed by atoms with Crippen molar-refractivity contribution < 1.29 is 8.42 Å². The summed E-state index contributed by atoms with van der Waals surface area (Å²) in [6.45, 7) is 4.79. The summed E-state index contributed by atoms with van der Waals surface area (Å²) in [6, 6.07) is 0. The molecule has 0 saturated heterocycles. The van der Waals surface area contributed by atoms with Crippen molar-refractivity contribution in [2.24, 2.45) is 0 Å². The number of hydrogen-bond acceptors (Lipinski definition) is 4. The van der Waals surface area contributed by atoms with Crippen LogP contribution in [0.1, 0.15) is 26.7 Å². The Balaban J connectivity index is 2.83. The minimum absolute atomic E-state index is 0.152. The topological polar surface area (TPSA) is 79.0 Å². The Labute approximate surface area is 89.8 Å². The van der Waals surface area contributed by atoms with E-state index < -0.39 is 10.0 Å². The molecule has 0 aliphatic heterocycles. The number of unbranched alkanes of at least 4 members (excludes halogenated alkanes) is 1. The van der Waals surface area contributed by atoms with Crippen molar-refractivity contribution in [2.45, 2.75) is 31.8 Å². The lowest BCUT2D eigenvalue weighted by molar-refractivity contribution is 0.414. The first-order valence-corrected chi connectivity index (χ1v) is 6.42. The van der Waals surface area contributed by atoms with Gasteiger partial charge in [0.15, 0.2) is 0 Å². The molecule has 6 nitrogen and oxygen atoms in total. The quantitative estimate of drug-likeness (QED) is 0.779. The summed E-state index contributed by atoms with van der Waals surface area (Å²) in [6.07, 6.45) is 3.07. The monoisotopic (exact) mass is 232 g/mol. The lowest BCUT2D eigenvalue weighted by Crippen LogP contribution is -2.32. The van der Waals surface area contributed by atoms with Crippen molar-refractivity contribution in [1.29, 1.82) is 0 Å². The van der Waals surface area contributed by atoms with Crippen molar-refractivity contribution >= 4 is 10.0 Å². The van der Waals surface area contributed by atoms with Gasteiger partial charge in [-0.15, -0.1) is 5.10 Å². The number of aromatic nitrogens is 3. The molecule has 0 atom stereocenters. The highest BCUT2D eigenvalue weighted by molar-refractivity contribution is 7.88. The highest BCUT2D eigenvalue weighted by atomic mass is 32.2. The number of nitrogens with one attached hydrogen (secondary N) is 1. The number of H-pyrrole nitrogens is 1. The second kappa shape index (κ2) is 5.22. The third-order valence-electron chi connectivity index (χ3n) is 2.08. The molecular formula is C8H16N4O2S. The fraction of sp³-hybridized carbons (Fsp3) is 0.750. The number of nitrogens with zero attached hydrogens (tertiary/aromatic N) is 3. The van der Waals surface area contributed by atoms with E-state index in [1.165, 1.54) is 10.6 Å². The van der Waals surface area contributed by atoms with Gasteiger partial charge in [-0.3, -0.25) is 5.10 Å². The predicted octanol–water partition coefficient (Wildman–Crippen LogP) is 0.615. The van der Waals surface area contributed by atoms with E-state index in [2.05, 4.69) is 15.2 Å². The van der Waals surface area contributed by atoms with Crippen LogP contribution >= 0.6 is 0 Å². The SMILES string of the molecule is CCCCN(CC)S(=O)(=O)c1nc[nH]n1. The van der Waals surface area contributed by atoms with E-state index in [1.54, 1.807) is 6.92 Å². The van der Waals surface area contributed by atoms with Crippen LogP contribution < -0.4 is 0 Å². The van der Waals surface area contributed by atoms with Crippen LogP contribution in [0.5, 0.6) is 0 Å². The average Bonchev–Trinajstić information content (AvgIpc) is 2.72. The first-order valence-electron chi connectivity index (χ1n) is 4.98. The summed E-state index contributed by atoms with van der Waals surface area (Å²) in [5.41, 5.74) is 0. The maximum absolute atomic E-state index is 11.9. The molecule has 0 aliphatic carbocycles. The Hall–Kier alpha value is -0.950. The second-order valence-corrected chi connectivity index (χ2v) is 4.96. The van der Waals surface area contributed by atoms with E-state index in [0.717, 1.165) is 12.8 Å². The number of sulfonamides is 1. The van der Waals surface area contributed by atoms with Crippen LogP contribution in [0.25, 0.3) is 0 Å². The summed E-state index contributed by atoms with van der Waals surface area (Å²) < 4.78 is 25.2. The van der Waals surface area contributed by atoms with Crippen molar-refractivity contribution in [3.8, 4) is 0 Å². The third kappa shape index (κ3) is 2.75. The number of rotatable bonds is 6. The molecule has 1 N–H and O–H groups in total. The molecule has 0 saturated carbocycles. The molecule has 0 aromatic carbocycles. The average molecular weight is 232 g/mol. The smallest absolute Gasteiger partial charge is 0.265 e. The van der Waals surface area contributed by atoms with Gasteiger partial charge in [-0.1, -0.05) is 20.3 Å². The van der Waals surface area contributed by atoms with Crippen molar-refractivity contribution in [3.05, 3.63) is 6.33 Å². The van der Waals surface area contributed by atoms with Gasteiger partial charge >= 0.3 is 0 Å². The summed E-state index contributed by atoms with van der Waals surface area (Å²) >= 11 is 0. The van der Waals surface area contributed by atoms with Crippen LogP contribution in [0.3, 0.4) is 0 Å². The summed E-state index contributed by atoms with van der Waals surface area (Å²) in [5.74, 6) is 0. The Kier molecular flexibility index (Phi) is 4.22. The van der Waals surface area contributed by atoms with Gasteiger partial charge < -0.3 is 0 Å². The molecule has 0 amide bonds. The zero-order valence-corrected chi connectivity index (χ0v) is 9.79. The third-order valence-corrected chi connectivity index (χ3v) is 3.86. The molecule has 0 bridgehead atoms. The molecule has 15 heavy (non-hydrogen) atoms. The molecule has 7 heteroatoms. The van der Waals surface area contributed by atoms with Gasteiger partial charge in [0.05, 0.1) is 0 Å². The Morgan fingerprint density at radius 1 is 1.47 bits per heavy atom. The highest BCUT2D eigenvalue weighted by Crippen LogP contribution is 2.10. The lowest BCUT2D eigenvalue weighted by atomic mass is 10.3. The van der Waals surface area contributed by atoms with Crippen molar-refractivity contribution in [1.82, 2.24) is 19.5 Å². The van der Waals surface area contributed by atoms with E-state index in [4.69, 9.17) is 0 Å². The molecule has 1 aromatic heterocycles. The normalized spacial score (nSPS) is 12.2. The van der Waals surface area contributed by atoms with Gasteiger partial charge in [-0.2, -0.15) is 4.31 Å². The zero-order chi connectivity index (χ0) is 11.3. The van der Waals surface area contributed by atoms with Crippen molar-refractivity contribution in [2.75, 3.05) is 13.1 Å². The first kappa shape index (κ1) is 12.1. The van der Waals surface area contributed by atoms with Crippen LogP contribution in [0.15, 0.2) is 11.5 Å². The van der Waals surface area contributed by atoms with E-state index in [1.807, 2.05) is 6.92 Å².